The van der Waals surface area contributed by atoms with E-state index in [1.54, 1.807) is 6.07 Å². The maximum Gasteiger partial charge on any atom is 0.125 e. The van der Waals surface area contributed by atoms with Gasteiger partial charge in [0.05, 0.1) is 0 Å². The second kappa shape index (κ2) is 2.91. The van der Waals surface area contributed by atoms with E-state index in [1.165, 1.54) is 12.1 Å². The van der Waals surface area contributed by atoms with Gasteiger partial charge in [-0.25, -0.2) is 4.39 Å². The first kappa shape index (κ1) is 8.05. The molecule has 0 aliphatic carbocycles. The largest absolute Gasteiger partial charge is 0.398 e. The number of nitrogens with two attached hydrogens (primary N) is 1. The normalized spacial score (nSPS) is 10.5. The quantitative estimate of drug-likeness (QED) is 0.616. The number of hydrogen-bond acceptors (Lipinski definition) is 1. The lowest BCUT2D eigenvalue weighted by Crippen LogP contribution is -1.96. The minimum absolute atomic E-state index is 0.271. The smallest absolute Gasteiger partial charge is 0.125 e. The van der Waals surface area contributed by atoms with E-state index in [0.717, 1.165) is 5.56 Å². The summed E-state index contributed by atoms with van der Waals surface area (Å²) in [5.74, 6) is 0.0856. The van der Waals surface area contributed by atoms with Gasteiger partial charge in [-0.15, -0.1) is 0 Å². The Morgan fingerprint density at radius 2 is 2.00 bits per heavy atom. The van der Waals surface area contributed by atoms with Crippen LogP contribution >= 0.6 is 0 Å². The first-order valence-corrected chi connectivity index (χ1v) is 3.66. The summed E-state index contributed by atoms with van der Waals surface area (Å²) in [7, 11) is 0. The monoisotopic (exact) mass is 153 g/mol. The van der Waals surface area contributed by atoms with Crippen LogP contribution in [0.4, 0.5) is 10.1 Å². The molecule has 60 valence electrons. The summed E-state index contributed by atoms with van der Waals surface area (Å²) in [5.41, 5.74) is 7.13. The SMILES string of the molecule is CC(C)c1ccc(F)cc1N. The van der Waals surface area contributed by atoms with Gasteiger partial charge in [-0.1, -0.05) is 19.9 Å². The van der Waals surface area contributed by atoms with E-state index in [2.05, 4.69) is 0 Å². The molecule has 0 unspecified atom stereocenters. The van der Waals surface area contributed by atoms with Crippen LogP contribution in [0.3, 0.4) is 0 Å². The van der Waals surface area contributed by atoms with Gasteiger partial charge in [0, 0.05) is 5.69 Å². The maximum absolute atomic E-state index is 12.5. The molecule has 0 heterocycles. The molecule has 2 N–H and O–H groups in total. The number of anilines is 1. The average molecular weight is 153 g/mol. The lowest BCUT2D eigenvalue weighted by atomic mass is 10.0. The van der Waals surface area contributed by atoms with Crippen LogP contribution in [0.5, 0.6) is 0 Å². The van der Waals surface area contributed by atoms with Crippen molar-refractivity contribution >= 4 is 5.69 Å². The molecular formula is C9H12FN. The molecule has 0 aliphatic rings. The Labute approximate surface area is 66.0 Å². The van der Waals surface area contributed by atoms with Crippen LogP contribution < -0.4 is 5.73 Å². The van der Waals surface area contributed by atoms with Crippen molar-refractivity contribution in [2.75, 3.05) is 5.73 Å². The predicted molar refractivity (Wildman–Crippen MR) is 44.9 cm³/mol. The van der Waals surface area contributed by atoms with Crippen molar-refractivity contribution in [1.29, 1.82) is 0 Å². The van der Waals surface area contributed by atoms with Crippen molar-refractivity contribution in [3.05, 3.63) is 29.6 Å². The molecule has 0 saturated heterocycles. The van der Waals surface area contributed by atoms with Crippen molar-refractivity contribution < 1.29 is 4.39 Å². The summed E-state index contributed by atoms with van der Waals surface area (Å²) in [6, 6.07) is 4.52. The first-order valence-electron chi connectivity index (χ1n) is 3.66. The summed E-state index contributed by atoms with van der Waals surface area (Å²) in [6.45, 7) is 4.06. The summed E-state index contributed by atoms with van der Waals surface area (Å²) < 4.78 is 12.5. The van der Waals surface area contributed by atoms with E-state index in [4.69, 9.17) is 5.73 Å². The zero-order chi connectivity index (χ0) is 8.43. The third-order valence-electron chi connectivity index (χ3n) is 1.67. The van der Waals surface area contributed by atoms with Gasteiger partial charge in [0.1, 0.15) is 5.82 Å². The third-order valence-corrected chi connectivity index (χ3v) is 1.67. The molecule has 0 saturated carbocycles. The molecule has 11 heavy (non-hydrogen) atoms. The van der Waals surface area contributed by atoms with Crippen molar-refractivity contribution in [2.24, 2.45) is 0 Å². The van der Waals surface area contributed by atoms with E-state index in [1.807, 2.05) is 13.8 Å². The van der Waals surface area contributed by atoms with Crippen LogP contribution in [0.1, 0.15) is 25.3 Å². The van der Waals surface area contributed by atoms with Gasteiger partial charge in [-0.05, 0) is 23.6 Å². The fourth-order valence-corrected chi connectivity index (χ4v) is 1.07. The zero-order valence-corrected chi connectivity index (χ0v) is 6.76. The fourth-order valence-electron chi connectivity index (χ4n) is 1.07. The topological polar surface area (TPSA) is 26.0 Å². The Kier molecular flexibility index (Phi) is 2.13. The van der Waals surface area contributed by atoms with Crippen molar-refractivity contribution in [1.82, 2.24) is 0 Å². The van der Waals surface area contributed by atoms with Gasteiger partial charge in [-0.2, -0.15) is 0 Å². The molecule has 0 spiro atoms. The molecule has 2 heteroatoms. The minimum Gasteiger partial charge on any atom is -0.398 e. The van der Waals surface area contributed by atoms with Gasteiger partial charge >= 0.3 is 0 Å². The molecule has 0 amide bonds. The Hall–Kier alpha value is -1.05. The summed E-state index contributed by atoms with van der Waals surface area (Å²) in [6.07, 6.45) is 0. The lowest BCUT2D eigenvalue weighted by molar-refractivity contribution is 0.627. The van der Waals surface area contributed by atoms with Crippen LogP contribution in [-0.4, -0.2) is 0 Å². The highest BCUT2D eigenvalue weighted by Crippen LogP contribution is 2.21. The zero-order valence-electron chi connectivity index (χ0n) is 6.76. The number of rotatable bonds is 1. The van der Waals surface area contributed by atoms with Gasteiger partial charge in [0.25, 0.3) is 0 Å². The molecule has 1 rings (SSSR count). The maximum atomic E-state index is 12.5. The van der Waals surface area contributed by atoms with E-state index in [0.29, 0.717) is 11.6 Å². The van der Waals surface area contributed by atoms with Crippen LogP contribution in [0.2, 0.25) is 0 Å². The van der Waals surface area contributed by atoms with Crippen molar-refractivity contribution in [2.45, 2.75) is 19.8 Å². The Balaban J connectivity index is 3.09. The number of hydrogen-bond donors (Lipinski definition) is 1. The molecule has 0 aromatic heterocycles. The van der Waals surface area contributed by atoms with Gasteiger partial charge < -0.3 is 5.73 Å². The second-order valence-electron chi connectivity index (χ2n) is 2.93. The highest BCUT2D eigenvalue weighted by Gasteiger charge is 2.03. The Morgan fingerprint density at radius 1 is 1.36 bits per heavy atom. The van der Waals surface area contributed by atoms with Gasteiger partial charge in [-0.3, -0.25) is 0 Å². The molecule has 1 nitrogen and oxygen atoms in total. The fraction of sp³-hybridized carbons (Fsp3) is 0.333. The number of nitrogen functional groups attached to an aromatic ring is 1. The van der Waals surface area contributed by atoms with Crippen LogP contribution in [-0.2, 0) is 0 Å². The molecule has 0 fully saturated rings. The molecule has 1 aromatic rings. The third kappa shape index (κ3) is 1.70. The van der Waals surface area contributed by atoms with Crippen LogP contribution in [0.25, 0.3) is 0 Å². The van der Waals surface area contributed by atoms with Crippen molar-refractivity contribution in [3.63, 3.8) is 0 Å². The second-order valence-corrected chi connectivity index (χ2v) is 2.93. The molecule has 0 bridgehead atoms. The highest BCUT2D eigenvalue weighted by atomic mass is 19.1. The molecule has 1 aromatic carbocycles. The van der Waals surface area contributed by atoms with E-state index >= 15 is 0 Å². The van der Waals surface area contributed by atoms with E-state index in [9.17, 15) is 4.39 Å². The Morgan fingerprint density at radius 3 is 2.45 bits per heavy atom. The minimum atomic E-state index is -0.271. The van der Waals surface area contributed by atoms with Gasteiger partial charge in [0.2, 0.25) is 0 Å². The average Bonchev–Trinajstić information content (AvgIpc) is 1.85. The standard InChI is InChI=1S/C9H12FN/c1-6(2)8-4-3-7(10)5-9(8)11/h3-6H,11H2,1-2H3. The molecule has 0 radical (unpaired) electrons. The van der Waals surface area contributed by atoms with E-state index < -0.39 is 0 Å². The highest BCUT2D eigenvalue weighted by molar-refractivity contribution is 5.48. The Bertz CT molecular complexity index is 256. The van der Waals surface area contributed by atoms with E-state index in [-0.39, 0.29) is 5.82 Å². The van der Waals surface area contributed by atoms with Crippen LogP contribution in [0, 0.1) is 5.82 Å². The van der Waals surface area contributed by atoms with Crippen LogP contribution in [0.15, 0.2) is 18.2 Å². The summed E-state index contributed by atoms with van der Waals surface area (Å²) in [4.78, 5) is 0. The number of halogens is 1. The molecule has 0 aliphatic heterocycles. The molecule has 0 atom stereocenters. The predicted octanol–water partition coefficient (Wildman–Crippen LogP) is 2.53. The summed E-state index contributed by atoms with van der Waals surface area (Å²) >= 11 is 0. The lowest BCUT2D eigenvalue weighted by Gasteiger charge is -2.07. The van der Waals surface area contributed by atoms with Gasteiger partial charge in [0.15, 0.2) is 0 Å². The molecular weight excluding hydrogens is 141 g/mol. The first-order chi connectivity index (χ1) is 5.11. The summed E-state index contributed by atoms with van der Waals surface area (Å²) in [5, 5.41) is 0. The van der Waals surface area contributed by atoms with Crippen molar-refractivity contribution in [3.8, 4) is 0 Å². The number of benzene rings is 1.